The predicted octanol–water partition coefficient (Wildman–Crippen LogP) is 21.8. The molecule has 91 heavy (non-hydrogen) atoms. The molecule has 0 unspecified atom stereocenters. The number of hydrogen-bond acceptors (Lipinski definition) is 2. The van der Waals surface area contributed by atoms with E-state index in [4.69, 9.17) is 26.2 Å². The fraction of sp³-hybridized carbons (Fsp3) is 0.224. The summed E-state index contributed by atoms with van der Waals surface area (Å²) in [7, 11) is 0. The van der Waals surface area contributed by atoms with Gasteiger partial charge >= 0.3 is 0 Å². The Morgan fingerprint density at radius 2 is 1.13 bits per heavy atom. The van der Waals surface area contributed by atoms with Crippen LogP contribution in [0.2, 0.25) is 0 Å². The van der Waals surface area contributed by atoms with E-state index < -0.39 is 208 Å². The van der Waals surface area contributed by atoms with Gasteiger partial charge in [0.25, 0.3) is 6.33 Å². The Morgan fingerprint density at radius 3 is 1.80 bits per heavy atom. The smallest absolute Gasteiger partial charge is 0.268 e. The second kappa shape index (κ2) is 22.8. The van der Waals surface area contributed by atoms with Gasteiger partial charge in [0.1, 0.15) is 5.82 Å². The monoisotopic (exact) mass is 1390 g/mol. The fourth-order valence-corrected chi connectivity index (χ4v) is 11.8. The zero-order valence-electron chi connectivity index (χ0n) is 79.3. The molecule has 1 aliphatic carbocycles. The third-order valence-electron chi connectivity index (χ3n) is 16.5. The van der Waals surface area contributed by atoms with Crippen LogP contribution in [0.25, 0.3) is 106 Å². The van der Waals surface area contributed by atoms with Gasteiger partial charge in [-0.3, -0.25) is 4.57 Å². The number of nitrogens with zero attached hydrogens (tertiary/aromatic N) is 4. The molecular formula is C85H78N4OPt-2. The molecule has 3 heterocycles. The summed E-state index contributed by atoms with van der Waals surface area (Å²) in [6.45, 7) is 1.84. The molecule has 3 aromatic heterocycles. The van der Waals surface area contributed by atoms with Crippen molar-refractivity contribution in [3.63, 3.8) is 0 Å². The van der Waals surface area contributed by atoms with Crippen LogP contribution in [0.1, 0.15) is 162 Å². The number of fused-ring (bicyclic) bond motifs is 5. The van der Waals surface area contributed by atoms with E-state index in [1.165, 1.54) is 21.3 Å². The first-order valence-corrected chi connectivity index (χ1v) is 29.5. The van der Waals surface area contributed by atoms with E-state index in [0.717, 1.165) is 27.4 Å². The molecule has 0 saturated carbocycles. The first-order chi connectivity index (χ1) is 54.6. The molecule has 1 aliphatic rings. The van der Waals surface area contributed by atoms with Gasteiger partial charge in [-0.15, -0.1) is 29.7 Å². The van der Waals surface area contributed by atoms with Gasteiger partial charge in [-0.05, 0) is 170 Å². The van der Waals surface area contributed by atoms with Crippen LogP contribution in [-0.2, 0) is 48.1 Å². The minimum absolute atomic E-state index is 0. The van der Waals surface area contributed by atoms with Crippen LogP contribution in [0, 0.1) is 18.5 Å². The summed E-state index contributed by atoms with van der Waals surface area (Å²) in [5.41, 5.74) is -12.3. The van der Waals surface area contributed by atoms with Gasteiger partial charge in [-0.25, -0.2) is 4.98 Å². The van der Waals surface area contributed by atoms with E-state index in [0.29, 0.717) is 22.5 Å². The number of pyridine rings is 1. The summed E-state index contributed by atoms with van der Waals surface area (Å²) in [4.78, 5) is 4.84. The van der Waals surface area contributed by atoms with Gasteiger partial charge < -0.3 is 13.9 Å². The quantitative estimate of drug-likeness (QED) is 0.101. The topological polar surface area (TPSA) is 35.9 Å². The van der Waals surface area contributed by atoms with Crippen molar-refractivity contribution < 1.29 is 68.8 Å². The van der Waals surface area contributed by atoms with Crippen LogP contribution in [0.3, 0.4) is 0 Å². The molecular weight excluding hydrogens is 1290 g/mol. The number of hydrogen-bond donors (Lipinski definition) is 0. The molecule has 0 N–H and O–H groups in total. The van der Waals surface area contributed by atoms with Crippen LogP contribution in [-0.4, -0.2) is 14.1 Å². The van der Waals surface area contributed by atoms with Crippen molar-refractivity contribution in [2.45, 2.75) is 123 Å². The fourth-order valence-electron chi connectivity index (χ4n) is 11.8. The standard InChI is InChI=1S/C85H78N4O.Pt/c1-81(2,3)63-35-31-57(32-36-63)58-34-40-76-78(47-58)87(66-27-22-28-67(51-66)90-68-37-38-70-69-29-20-21-30-75(69)89(77(70)52-68)79-50-64(41-42-86-79)82(4,5)6)54-88(76)80-71(59-33-39-73-74(46-59)85(12,13)53-84(73,10)11)48-65(83(7,8)9)49-72(80)62-44-60(55-23-16-14-17-24-55)43-61(45-62)56-25-18-15-19-26-56;/h14-50H,53H2,1-13H3;/q-2;/i10D3,11D3,12D3,13D3,14D,15D,16D,17D,18D,19D,23D,24D,25D,26D,33D,39D,43D,44D,45D,46D;. The summed E-state index contributed by atoms with van der Waals surface area (Å²) in [6, 6.07) is 26.8. The molecule has 13 aromatic rings. The predicted molar refractivity (Wildman–Crippen MR) is 374 cm³/mol. The molecule has 0 radical (unpaired) electrons. The zero-order valence-corrected chi connectivity index (χ0v) is 53.6. The van der Waals surface area contributed by atoms with E-state index in [1.807, 2.05) is 71.3 Å². The van der Waals surface area contributed by atoms with Crippen LogP contribution in [0.4, 0.5) is 0 Å². The summed E-state index contributed by atoms with van der Waals surface area (Å²) < 4.78 is 275. The molecule has 10 aromatic carbocycles. The first-order valence-electron chi connectivity index (χ1n) is 43.5. The maximum atomic E-state index is 10.7. The Balaban J connectivity index is 0.0000123. The molecule has 0 amide bonds. The molecule has 5 nitrogen and oxygen atoms in total. The molecule has 0 atom stereocenters. The van der Waals surface area contributed by atoms with Crippen molar-refractivity contribution in [1.29, 1.82) is 0 Å². The van der Waals surface area contributed by atoms with Crippen molar-refractivity contribution in [2.75, 3.05) is 0 Å². The molecule has 0 aliphatic heterocycles. The maximum absolute atomic E-state index is 10.7. The number of imidazole rings is 1. The first kappa shape index (κ1) is 36.2. The Morgan fingerprint density at radius 1 is 0.505 bits per heavy atom. The van der Waals surface area contributed by atoms with Gasteiger partial charge in [-0.2, -0.15) is 18.2 Å². The largest absolute Gasteiger partial charge is 0.510 e. The van der Waals surface area contributed by atoms with E-state index in [2.05, 4.69) is 60.0 Å². The molecule has 0 fully saturated rings. The van der Waals surface area contributed by atoms with Gasteiger partial charge in [0.05, 0.1) is 38.7 Å². The van der Waals surface area contributed by atoms with Crippen LogP contribution in [0.5, 0.6) is 11.5 Å². The summed E-state index contributed by atoms with van der Waals surface area (Å²) in [5, 5.41) is 1.75. The third kappa shape index (κ3) is 11.4. The van der Waals surface area contributed by atoms with Gasteiger partial charge in [0, 0.05) is 60.7 Å². The number of benzene rings is 10. The van der Waals surface area contributed by atoms with Crippen molar-refractivity contribution in [2.24, 2.45) is 0 Å². The molecule has 0 bridgehead atoms. The van der Waals surface area contributed by atoms with E-state index in [-0.39, 0.29) is 65.7 Å². The number of aromatic nitrogens is 4. The van der Waals surface area contributed by atoms with E-state index >= 15 is 0 Å². The van der Waals surface area contributed by atoms with Crippen molar-refractivity contribution in [1.82, 2.24) is 14.1 Å². The SMILES string of the molecule is [2H]c1c([2H])c([2H])c(-c2c([2H])c(-c3cc(C(C)(C)C)cc(-c4c([2H])c([2H])c5c(c4[2H])C(C([2H])([2H])[2H])(C([2H])([2H])[2H])CC5(C([2H])([2H])[2H])C([2H])([2H])[2H])c3-[n+]3[c-]n(-c4[c-]c(Oc5[c-]c6c(cc5)c5ccccc5n6-c5cc(C(C)(C)C)ccn5)ccc4)c4cc(-c5ccc(C(C)(C)C)cc5)ccc43)c([2H])c(-c3c([2H])c([2H])c([2H])c([2H])c3[2H])c2[2H])c([2H])c1[2H].[Pt]. The molecule has 6 heteroatoms. The summed E-state index contributed by atoms with van der Waals surface area (Å²) in [6.07, 6.45) is 3.44. The minimum atomic E-state index is -3.95. The van der Waals surface area contributed by atoms with E-state index in [9.17, 15) is 21.9 Å². The van der Waals surface area contributed by atoms with Crippen molar-refractivity contribution in [3.05, 3.63) is 270 Å². The van der Waals surface area contributed by atoms with Crippen LogP contribution < -0.4 is 9.30 Å². The van der Waals surface area contributed by atoms with Crippen LogP contribution >= 0.6 is 0 Å². The second-order valence-electron chi connectivity index (χ2n) is 26.1. The summed E-state index contributed by atoms with van der Waals surface area (Å²) in [5.74, 6) is 0.974. The zero-order chi connectivity index (χ0) is 86.6. The minimum Gasteiger partial charge on any atom is -0.510 e. The Labute approximate surface area is 591 Å². The average molecular weight is 1390 g/mol. The van der Waals surface area contributed by atoms with E-state index in [1.54, 1.807) is 69.4 Å². The molecule has 456 valence electrons. The van der Waals surface area contributed by atoms with Gasteiger partial charge in [-0.1, -0.05) is 241 Å². The average Bonchev–Trinajstić information content (AvgIpc) is 1.49. The number of ether oxygens (including phenoxy) is 1. The molecule has 0 spiro atoms. The maximum Gasteiger partial charge on any atom is 0.268 e. The Hall–Kier alpha value is -8.89. The summed E-state index contributed by atoms with van der Waals surface area (Å²) >= 11 is 0. The number of rotatable bonds is 10. The van der Waals surface area contributed by atoms with Crippen molar-refractivity contribution >= 4 is 32.8 Å². The Kier molecular flexibility index (Phi) is 9.07. The molecule has 14 rings (SSSR count). The Bertz CT molecular complexity index is 6230. The van der Waals surface area contributed by atoms with Gasteiger partial charge in [0.2, 0.25) is 0 Å². The normalized spacial score (nSPS) is 18.8. The third-order valence-corrected chi connectivity index (χ3v) is 16.5. The molecule has 0 saturated heterocycles. The second-order valence-corrected chi connectivity index (χ2v) is 26.1. The number of para-hydroxylation sites is 1. The van der Waals surface area contributed by atoms with Crippen molar-refractivity contribution in [3.8, 4) is 84.3 Å². The van der Waals surface area contributed by atoms with Crippen LogP contribution in [0.15, 0.2) is 224 Å². The van der Waals surface area contributed by atoms with Gasteiger partial charge in [0.15, 0.2) is 0 Å².